The summed E-state index contributed by atoms with van der Waals surface area (Å²) in [4.78, 5) is 26.2. The summed E-state index contributed by atoms with van der Waals surface area (Å²) in [6.45, 7) is 2.84. The zero-order valence-corrected chi connectivity index (χ0v) is 18.5. The van der Waals surface area contributed by atoms with Crippen molar-refractivity contribution < 1.29 is 19.1 Å². The van der Waals surface area contributed by atoms with E-state index in [1.165, 1.54) is 0 Å². The van der Waals surface area contributed by atoms with E-state index in [1.807, 2.05) is 55.5 Å². The van der Waals surface area contributed by atoms with E-state index in [9.17, 15) is 9.59 Å². The van der Waals surface area contributed by atoms with Gasteiger partial charge in [0.15, 0.2) is 11.5 Å². The number of imide groups is 1. The van der Waals surface area contributed by atoms with Crippen LogP contribution in [0, 0.1) is 35.5 Å². The van der Waals surface area contributed by atoms with E-state index in [0.29, 0.717) is 36.5 Å². The second-order valence-corrected chi connectivity index (χ2v) is 9.30. The van der Waals surface area contributed by atoms with Crippen molar-refractivity contribution in [2.45, 2.75) is 20.0 Å². The Balaban J connectivity index is 1.19. The van der Waals surface area contributed by atoms with Gasteiger partial charge in [-0.15, -0.1) is 0 Å². The highest BCUT2D eigenvalue weighted by atomic mass is 16.5. The summed E-state index contributed by atoms with van der Waals surface area (Å²) in [6, 6.07) is 15.4. The quantitative estimate of drug-likeness (QED) is 0.369. The lowest BCUT2D eigenvalue weighted by molar-refractivity contribution is -0.140. The Hall–Kier alpha value is -3.41. The normalized spacial score (nSPS) is 31.1. The molecule has 0 unspecified atom stereocenters. The van der Waals surface area contributed by atoms with Crippen molar-refractivity contribution >= 4 is 18.0 Å². The molecule has 2 bridgehead atoms. The number of ether oxygens (including phenoxy) is 2. The third-order valence-corrected chi connectivity index (χ3v) is 7.47. The highest BCUT2D eigenvalue weighted by Gasteiger charge is 2.67. The van der Waals surface area contributed by atoms with Gasteiger partial charge < -0.3 is 9.47 Å². The predicted molar refractivity (Wildman–Crippen MR) is 123 cm³/mol. The second kappa shape index (κ2) is 7.87. The molecule has 168 valence electrons. The van der Waals surface area contributed by atoms with Gasteiger partial charge in [0.1, 0.15) is 6.61 Å². The zero-order valence-electron chi connectivity index (χ0n) is 18.5. The molecule has 1 saturated heterocycles. The third kappa shape index (κ3) is 3.36. The Bertz CT molecular complexity index is 1120. The molecule has 5 aliphatic rings. The van der Waals surface area contributed by atoms with E-state index in [2.05, 4.69) is 17.3 Å². The molecular formula is C27H26N2O4. The van der Waals surface area contributed by atoms with Gasteiger partial charge in [-0.1, -0.05) is 42.5 Å². The molecule has 2 saturated carbocycles. The summed E-state index contributed by atoms with van der Waals surface area (Å²) in [5, 5.41) is 5.43. The Labute approximate surface area is 192 Å². The minimum atomic E-state index is -0.235. The van der Waals surface area contributed by atoms with Gasteiger partial charge in [-0.05, 0) is 66.3 Å². The van der Waals surface area contributed by atoms with Crippen LogP contribution in [0.2, 0.25) is 0 Å². The molecule has 3 fully saturated rings. The molecule has 1 aliphatic heterocycles. The summed E-state index contributed by atoms with van der Waals surface area (Å²) < 4.78 is 11.7. The van der Waals surface area contributed by atoms with E-state index >= 15 is 0 Å². The first-order valence-corrected chi connectivity index (χ1v) is 11.7. The standard InChI is InChI=1S/C27H26N2O4/c1-2-32-23-12-17(8-11-22(23)33-15-16-6-4-3-5-7-16)14-28-29-26(30)24-18-9-10-19(21-13-20(18)21)25(24)27(29)31/h3-12,14,18-21,24-25H,2,13,15H2,1H3/b28-14-/t18-,19-,20-,21-,24+,25+/m1/s1. The van der Waals surface area contributed by atoms with Crippen LogP contribution in [-0.4, -0.2) is 29.6 Å². The van der Waals surface area contributed by atoms with Gasteiger partial charge in [-0.2, -0.15) is 10.1 Å². The lowest BCUT2D eigenvalue weighted by Gasteiger charge is -2.37. The van der Waals surface area contributed by atoms with Crippen LogP contribution in [-0.2, 0) is 16.2 Å². The maximum atomic E-state index is 13.1. The molecule has 2 amide bonds. The molecule has 6 nitrogen and oxygen atoms in total. The number of carbonyl (C=O) groups excluding carboxylic acids is 2. The molecule has 33 heavy (non-hydrogen) atoms. The summed E-state index contributed by atoms with van der Waals surface area (Å²) in [6.07, 6.45) is 7.05. The van der Waals surface area contributed by atoms with Crippen molar-refractivity contribution in [1.29, 1.82) is 0 Å². The van der Waals surface area contributed by atoms with E-state index in [1.54, 1.807) is 6.21 Å². The SMILES string of the molecule is CCOc1cc(/C=N\N2C(=O)[C@H]3[C@@H]4C=C[C@H]([C@H]5C[C@H]45)[C@@H]3C2=O)ccc1OCc1ccccc1. The van der Waals surface area contributed by atoms with Crippen molar-refractivity contribution in [3.05, 3.63) is 71.8 Å². The van der Waals surface area contributed by atoms with Gasteiger partial charge in [-0.25, -0.2) is 0 Å². The van der Waals surface area contributed by atoms with Gasteiger partial charge in [-0.3, -0.25) is 9.59 Å². The Morgan fingerprint density at radius 2 is 1.64 bits per heavy atom. The van der Waals surface area contributed by atoms with Gasteiger partial charge in [0.2, 0.25) is 0 Å². The Kier molecular flexibility index (Phi) is 4.82. The number of nitrogens with zero attached hydrogens (tertiary/aromatic N) is 2. The number of allylic oxidation sites excluding steroid dienone is 2. The monoisotopic (exact) mass is 442 g/mol. The van der Waals surface area contributed by atoms with E-state index in [-0.39, 0.29) is 35.5 Å². The summed E-state index contributed by atoms with van der Waals surface area (Å²) in [7, 11) is 0. The minimum Gasteiger partial charge on any atom is -0.490 e. The maximum absolute atomic E-state index is 13.1. The molecule has 2 aromatic carbocycles. The summed E-state index contributed by atoms with van der Waals surface area (Å²) >= 11 is 0. The fraction of sp³-hybridized carbons (Fsp3) is 0.370. The van der Waals surface area contributed by atoms with E-state index in [0.717, 1.165) is 22.6 Å². The first-order valence-electron chi connectivity index (χ1n) is 11.7. The van der Waals surface area contributed by atoms with Crippen molar-refractivity contribution in [3.63, 3.8) is 0 Å². The number of hydrazone groups is 1. The number of carbonyl (C=O) groups is 2. The van der Waals surface area contributed by atoms with Crippen LogP contribution < -0.4 is 9.47 Å². The van der Waals surface area contributed by atoms with E-state index < -0.39 is 0 Å². The Morgan fingerprint density at radius 1 is 0.939 bits per heavy atom. The topological polar surface area (TPSA) is 68.2 Å². The molecule has 2 aromatic rings. The van der Waals surface area contributed by atoms with Gasteiger partial charge in [0, 0.05) is 0 Å². The summed E-state index contributed by atoms with van der Waals surface area (Å²) in [5.74, 6) is 2.03. The number of hydrogen-bond donors (Lipinski definition) is 0. The zero-order chi connectivity index (χ0) is 22.5. The second-order valence-electron chi connectivity index (χ2n) is 9.30. The third-order valence-electron chi connectivity index (χ3n) is 7.47. The molecule has 7 rings (SSSR count). The van der Waals surface area contributed by atoms with Gasteiger partial charge in [0.25, 0.3) is 11.8 Å². The molecular weight excluding hydrogens is 416 g/mol. The molecule has 4 aliphatic carbocycles. The number of rotatable bonds is 7. The van der Waals surface area contributed by atoms with Crippen molar-refractivity contribution in [3.8, 4) is 11.5 Å². The van der Waals surface area contributed by atoms with Gasteiger partial charge >= 0.3 is 0 Å². The minimum absolute atomic E-state index is 0.154. The van der Waals surface area contributed by atoms with Crippen molar-refractivity contribution in [2.75, 3.05) is 6.61 Å². The van der Waals surface area contributed by atoms with E-state index in [4.69, 9.17) is 9.47 Å². The number of benzene rings is 2. The Morgan fingerprint density at radius 3 is 2.30 bits per heavy atom. The smallest absolute Gasteiger partial charge is 0.254 e. The molecule has 0 N–H and O–H groups in total. The molecule has 6 heteroatoms. The van der Waals surface area contributed by atoms with Crippen molar-refractivity contribution in [2.24, 2.45) is 40.6 Å². The average molecular weight is 443 g/mol. The first-order chi connectivity index (χ1) is 16.2. The molecule has 0 radical (unpaired) electrons. The van der Waals surface area contributed by atoms with Crippen LogP contribution in [0.15, 0.2) is 65.8 Å². The van der Waals surface area contributed by atoms with Crippen LogP contribution in [0.25, 0.3) is 0 Å². The van der Waals surface area contributed by atoms with Crippen LogP contribution in [0.4, 0.5) is 0 Å². The van der Waals surface area contributed by atoms with Gasteiger partial charge in [0.05, 0.1) is 24.7 Å². The highest BCUT2D eigenvalue weighted by Crippen LogP contribution is 2.65. The lowest BCUT2D eigenvalue weighted by atomic mass is 9.63. The van der Waals surface area contributed by atoms with Crippen LogP contribution in [0.3, 0.4) is 0 Å². The van der Waals surface area contributed by atoms with Crippen molar-refractivity contribution in [1.82, 2.24) is 5.01 Å². The summed E-state index contributed by atoms with van der Waals surface area (Å²) in [5.41, 5.74) is 1.81. The van der Waals surface area contributed by atoms with Crippen LogP contribution in [0.5, 0.6) is 11.5 Å². The first kappa shape index (κ1) is 20.2. The molecule has 0 spiro atoms. The fourth-order valence-corrected chi connectivity index (χ4v) is 5.91. The number of hydrogen-bond acceptors (Lipinski definition) is 5. The molecule has 1 heterocycles. The van der Waals surface area contributed by atoms with Crippen LogP contribution >= 0.6 is 0 Å². The maximum Gasteiger partial charge on any atom is 0.254 e. The van der Waals surface area contributed by atoms with Crippen LogP contribution in [0.1, 0.15) is 24.5 Å². The number of amides is 2. The average Bonchev–Trinajstić information content (AvgIpc) is 3.62. The highest BCUT2D eigenvalue weighted by molar-refractivity contribution is 6.06. The molecule has 0 aromatic heterocycles. The predicted octanol–water partition coefficient (Wildman–Crippen LogP) is 4.05. The largest absolute Gasteiger partial charge is 0.490 e. The fourth-order valence-electron chi connectivity index (χ4n) is 5.91. The lowest BCUT2D eigenvalue weighted by Crippen LogP contribution is -2.40. The molecule has 6 atom stereocenters.